The van der Waals surface area contributed by atoms with E-state index in [-0.39, 0.29) is 0 Å². The molecule has 1 fully saturated rings. The Morgan fingerprint density at radius 1 is 0.944 bits per heavy atom. The fraction of sp³-hybridized carbons (Fsp3) is 0.529. The Morgan fingerprint density at radius 2 is 1.72 bits per heavy atom. The molecule has 0 amide bonds. The Morgan fingerprint density at radius 3 is 2.39 bits per heavy atom. The van der Waals surface area contributed by atoms with Crippen LogP contribution in [0.25, 0.3) is 5.57 Å². The quantitative estimate of drug-likeness (QED) is 0.753. The normalized spacial score (nSPS) is 22.8. The summed E-state index contributed by atoms with van der Waals surface area (Å²) in [7, 11) is 0. The molecule has 1 aromatic rings. The van der Waals surface area contributed by atoms with Crippen LogP contribution < -0.4 is 0 Å². The maximum absolute atomic E-state index is 2.70. The number of rotatable bonds is 2. The number of hydrogen-bond acceptors (Lipinski definition) is 1. The van der Waals surface area contributed by atoms with Gasteiger partial charge in [-0.15, -0.1) is 0 Å². The van der Waals surface area contributed by atoms with E-state index >= 15 is 0 Å². The second-order valence-corrected chi connectivity index (χ2v) is 5.63. The molecule has 0 unspecified atom stereocenters. The Kier molecular flexibility index (Phi) is 3.80. The Balaban J connectivity index is 1.64. The molecule has 0 bridgehead atoms. The SMILES string of the molecule is C1=C(c2ccccc2)CCN(C2CCCCC2)C1. The molecule has 1 heterocycles. The molecule has 1 heteroatoms. The van der Waals surface area contributed by atoms with Gasteiger partial charge < -0.3 is 0 Å². The van der Waals surface area contributed by atoms with Gasteiger partial charge in [-0.05, 0) is 30.4 Å². The topological polar surface area (TPSA) is 3.24 Å². The first-order valence-electron chi connectivity index (χ1n) is 7.42. The van der Waals surface area contributed by atoms with E-state index in [9.17, 15) is 0 Å². The van der Waals surface area contributed by atoms with Gasteiger partial charge in [-0.25, -0.2) is 0 Å². The van der Waals surface area contributed by atoms with E-state index in [0.717, 1.165) is 12.6 Å². The summed E-state index contributed by atoms with van der Waals surface area (Å²) in [5.41, 5.74) is 2.96. The van der Waals surface area contributed by atoms with Crippen LogP contribution in [-0.2, 0) is 0 Å². The predicted molar refractivity (Wildman–Crippen MR) is 77.5 cm³/mol. The van der Waals surface area contributed by atoms with E-state index in [1.807, 2.05) is 0 Å². The van der Waals surface area contributed by atoms with Crippen molar-refractivity contribution in [2.45, 2.75) is 44.6 Å². The van der Waals surface area contributed by atoms with Crippen molar-refractivity contribution >= 4 is 5.57 Å². The number of hydrogen-bond donors (Lipinski definition) is 0. The van der Waals surface area contributed by atoms with Gasteiger partial charge in [0.25, 0.3) is 0 Å². The van der Waals surface area contributed by atoms with Gasteiger partial charge in [-0.1, -0.05) is 55.7 Å². The minimum atomic E-state index is 0.868. The molecular formula is C17H23N. The molecule has 1 saturated carbocycles. The van der Waals surface area contributed by atoms with Gasteiger partial charge in [-0.3, -0.25) is 4.90 Å². The van der Waals surface area contributed by atoms with Gasteiger partial charge >= 0.3 is 0 Å². The Hall–Kier alpha value is -1.08. The first-order chi connectivity index (χ1) is 8.93. The van der Waals surface area contributed by atoms with Crippen molar-refractivity contribution in [3.8, 4) is 0 Å². The Labute approximate surface area is 111 Å². The van der Waals surface area contributed by atoms with Crippen molar-refractivity contribution in [2.75, 3.05) is 13.1 Å². The van der Waals surface area contributed by atoms with Crippen molar-refractivity contribution in [1.82, 2.24) is 4.90 Å². The summed E-state index contributed by atoms with van der Waals surface area (Å²) in [6.45, 7) is 2.42. The van der Waals surface area contributed by atoms with E-state index in [4.69, 9.17) is 0 Å². The predicted octanol–water partition coefficient (Wildman–Crippen LogP) is 4.11. The van der Waals surface area contributed by atoms with Crippen molar-refractivity contribution in [3.05, 3.63) is 42.0 Å². The smallest absolute Gasteiger partial charge is 0.0172 e. The molecule has 0 radical (unpaired) electrons. The zero-order chi connectivity index (χ0) is 12.2. The summed E-state index contributed by atoms with van der Waals surface area (Å²) in [4.78, 5) is 2.70. The van der Waals surface area contributed by atoms with Gasteiger partial charge in [0.1, 0.15) is 0 Å². The highest BCUT2D eigenvalue weighted by atomic mass is 15.2. The molecule has 96 valence electrons. The van der Waals surface area contributed by atoms with E-state index in [1.54, 1.807) is 5.57 Å². The molecule has 0 N–H and O–H groups in total. The van der Waals surface area contributed by atoms with Crippen molar-refractivity contribution < 1.29 is 0 Å². The highest BCUT2D eigenvalue weighted by Gasteiger charge is 2.22. The molecule has 0 spiro atoms. The van der Waals surface area contributed by atoms with Crippen molar-refractivity contribution in [3.63, 3.8) is 0 Å². The molecule has 3 rings (SSSR count). The van der Waals surface area contributed by atoms with Crippen LogP contribution in [0.5, 0.6) is 0 Å². The average Bonchev–Trinajstić information content (AvgIpc) is 2.49. The van der Waals surface area contributed by atoms with Crippen LogP contribution in [0.2, 0.25) is 0 Å². The molecule has 1 aliphatic heterocycles. The lowest BCUT2D eigenvalue weighted by Gasteiger charge is -2.36. The van der Waals surface area contributed by atoms with Crippen LogP contribution in [0.1, 0.15) is 44.1 Å². The van der Waals surface area contributed by atoms with Crippen molar-refractivity contribution in [1.29, 1.82) is 0 Å². The molecule has 0 atom stereocenters. The average molecular weight is 241 g/mol. The third-order valence-electron chi connectivity index (χ3n) is 4.48. The summed E-state index contributed by atoms with van der Waals surface area (Å²) in [6, 6.07) is 11.7. The fourth-order valence-electron chi connectivity index (χ4n) is 3.38. The van der Waals surface area contributed by atoms with Gasteiger partial charge in [0, 0.05) is 19.1 Å². The largest absolute Gasteiger partial charge is 0.296 e. The highest BCUT2D eigenvalue weighted by molar-refractivity contribution is 5.66. The lowest BCUT2D eigenvalue weighted by Crippen LogP contribution is -2.39. The van der Waals surface area contributed by atoms with E-state index in [1.165, 1.54) is 50.6 Å². The minimum Gasteiger partial charge on any atom is -0.296 e. The summed E-state index contributed by atoms with van der Waals surface area (Å²) in [6.07, 6.45) is 10.9. The summed E-state index contributed by atoms with van der Waals surface area (Å²) in [5.74, 6) is 0. The molecule has 0 saturated heterocycles. The van der Waals surface area contributed by atoms with Crippen molar-refractivity contribution in [2.24, 2.45) is 0 Å². The molecule has 18 heavy (non-hydrogen) atoms. The third-order valence-corrected chi connectivity index (χ3v) is 4.48. The second-order valence-electron chi connectivity index (χ2n) is 5.63. The van der Waals surface area contributed by atoms with E-state index in [0.29, 0.717) is 0 Å². The molecule has 1 aliphatic carbocycles. The fourth-order valence-corrected chi connectivity index (χ4v) is 3.38. The summed E-state index contributed by atoms with van der Waals surface area (Å²) >= 11 is 0. The lowest BCUT2D eigenvalue weighted by atomic mass is 9.92. The van der Waals surface area contributed by atoms with Gasteiger partial charge in [-0.2, -0.15) is 0 Å². The van der Waals surface area contributed by atoms with Gasteiger partial charge in [0.05, 0.1) is 0 Å². The van der Waals surface area contributed by atoms with Gasteiger partial charge in [0.2, 0.25) is 0 Å². The van der Waals surface area contributed by atoms with Crippen LogP contribution in [0.3, 0.4) is 0 Å². The van der Waals surface area contributed by atoms with Crippen LogP contribution in [0.15, 0.2) is 36.4 Å². The molecule has 1 nitrogen and oxygen atoms in total. The minimum absolute atomic E-state index is 0.868. The van der Waals surface area contributed by atoms with Crippen LogP contribution >= 0.6 is 0 Å². The molecule has 2 aliphatic rings. The first kappa shape index (κ1) is 12.0. The van der Waals surface area contributed by atoms with Crippen LogP contribution in [-0.4, -0.2) is 24.0 Å². The van der Waals surface area contributed by atoms with Crippen LogP contribution in [0, 0.1) is 0 Å². The maximum atomic E-state index is 2.70. The standard InChI is InChI=1S/C17H23N/c1-3-7-15(8-4-1)16-11-13-18(14-12-16)17-9-5-2-6-10-17/h1,3-4,7-8,11,17H,2,5-6,9-10,12-14H2. The molecule has 0 aromatic heterocycles. The number of nitrogens with zero attached hydrogens (tertiary/aromatic N) is 1. The van der Waals surface area contributed by atoms with E-state index in [2.05, 4.69) is 41.3 Å². The highest BCUT2D eigenvalue weighted by Crippen LogP contribution is 2.27. The Bertz CT molecular complexity index is 401. The van der Waals surface area contributed by atoms with Gasteiger partial charge in [0.15, 0.2) is 0 Å². The maximum Gasteiger partial charge on any atom is 0.0172 e. The number of benzene rings is 1. The van der Waals surface area contributed by atoms with Crippen LogP contribution in [0.4, 0.5) is 0 Å². The monoisotopic (exact) mass is 241 g/mol. The second kappa shape index (κ2) is 5.71. The lowest BCUT2D eigenvalue weighted by molar-refractivity contribution is 0.171. The first-order valence-corrected chi connectivity index (χ1v) is 7.42. The zero-order valence-corrected chi connectivity index (χ0v) is 11.1. The molecule has 1 aromatic carbocycles. The van der Waals surface area contributed by atoms with E-state index < -0.39 is 0 Å². The molecular weight excluding hydrogens is 218 g/mol. The zero-order valence-electron chi connectivity index (χ0n) is 11.1. The summed E-state index contributed by atoms with van der Waals surface area (Å²) in [5, 5.41) is 0. The summed E-state index contributed by atoms with van der Waals surface area (Å²) < 4.78 is 0. The third kappa shape index (κ3) is 2.67.